The van der Waals surface area contributed by atoms with E-state index in [2.05, 4.69) is 53.5 Å². The Morgan fingerprint density at radius 1 is 1.00 bits per heavy atom. The van der Waals surface area contributed by atoms with Crippen LogP contribution in [0.4, 0.5) is 5.69 Å². The number of pyridine rings is 1. The summed E-state index contributed by atoms with van der Waals surface area (Å²) < 4.78 is 6.22. The number of anilines is 1. The topological polar surface area (TPSA) is 48.1 Å². The van der Waals surface area contributed by atoms with E-state index in [9.17, 15) is 0 Å². The van der Waals surface area contributed by atoms with E-state index >= 15 is 0 Å². The largest absolute Gasteiger partial charge is 0.490 e. The third-order valence-corrected chi connectivity index (χ3v) is 4.69. The fourth-order valence-corrected chi connectivity index (χ4v) is 3.43. The van der Waals surface area contributed by atoms with E-state index in [0.29, 0.717) is 0 Å². The number of nitrogens with zero attached hydrogens (tertiary/aromatic N) is 1. The minimum absolute atomic E-state index is 0.260. The minimum atomic E-state index is 0.260. The van der Waals surface area contributed by atoms with Crippen LogP contribution in [0.3, 0.4) is 0 Å². The summed E-state index contributed by atoms with van der Waals surface area (Å²) in [5.74, 6) is 1.02. The molecule has 1 unspecified atom stereocenters. The zero-order valence-electron chi connectivity index (χ0n) is 14.2. The maximum atomic E-state index is 6.22. The van der Waals surface area contributed by atoms with E-state index in [0.717, 1.165) is 42.8 Å². The van der Waals surface area contributed by atoms with E-state index in [4.69, 9.17) is 10.5 Å². The standard InChI is InChI=1S/C22H22N2O/c23-19-10-11-24-20(15-19)13-17-6-9-22-18(12-17)7-8-21(25-22)14-16-4-2-1-3-5-16/h1-6,9-12,15,21H,7-8,13-14H2,(H2,23,24). The van der Waals surface area contributed by atoms with Gasteiger partial charge < -0.3 is 10.5 Å². The van der Waals surface area contributed by atoms with Crippen LogP contribution in [0.25, 0.3) is 0 Å². The summed E-state index contributed by atoms with van der Waals surface area (Å²) >= 11 is 0. The van der Waals surface area contributed by atoms with Crippen LogP contribution in [0.15, 0.2) is 66.9 Å². The summed E-state index contributed by atoms with van der Waals surface area (Å²) in [5.41, 5.74) is 11.5. The average Bonchev–Trinajstić information content (AvgIpc) is 2.63. The predicted molar refractivity (Wildman–Crippen MR) is 101 cm³/mol. The number of nitrogens with two attached hydrogens (primary N) is 1. The van der Waals surface area contributed by atoms with Crippen molar-refractivity contribution in [1.29, 1.82) is 0 Å². The van der Waals surface area contributed by atoms with Crippen LogP contribution in [-0.4, -0.2) is 11.1 Å². The summed E-state index contributed by atoms with van der Waals surface area (Å²) in [5, 5.41) is 0. The van der Waals surface area contributed by atoms with Gasteiger partial charge in [0, 0.05) is 30.4 Å². The van der Waals surface area contributed by atoms with Gasteiger partial charge in [-0.3, -0.25) is 4.98 Å². The molecule has 0 saturated carbocycles. The molecular weight excluding hydrogens is 308 g/mol. The molecule has 0 fully saturated rings. The first-order valence-corrected chi connectivity index (χ1v) is 8.79. The third-order valence-electron chi connectivity index (χ3n) is 4.69. The summed E-state index contributed by atoms with van der Waals surface area (Å²) in [4.78, 5) is 4.39. The zero-order valence-corrected chi connectivity index (χ0v) is 14.2. The van der Waals surface area contributed by atoms with Gasteiger partial charge in [-0.15, -0.1) is 0 Å². The number of benzene rings is 2. The monoisotopic (exact) mass is 330 g/mol. The molecule has 0 bridgehead atoms. The lowest BCUT2D eigenvalue weighted by Crippen LogP contribution is -2.25. The molecule has 3 nitrogen and oxygen atoms in total. The first-order valence-electron chi connectivity index (χ1n) is 8.79. The van der Waals surface area contributed by atoms with Gasteiger partial charge in [-0.05, 0) is 47.7 Å². The van der Waals surface area contributed by atoms with E-state index in [1.54, 1.807) is 6.20 Å². The summed E-state index contributed by atoms with van der Waals surface area (Å²) in [6, 6.07) is 20.8. The second-order valence-corrected chi connectivity index (χ2v) is 6.67. The number of aryl methyl sites for hydroxylation is 1. The van der Waals surface area contributed by atoms with E-state index in [1.807, 2.05) is 12.1 Å². The first kappa shape index (κ1) is 15.7. The van der Waals surface area contributed by atoms with Gasteiger partial charge in [0.1, 0.15) is 11.9 Å². The van der Waals surface area contributed by atoms with Gasteiger partial charge in [0.05, 0.1) is 0 Å². The number of hydrogen-bond acceptors (Lipinski definition) is 3. The Morgan fingerprint density at radius 2 is 1.88 bits per heavy atom. The van der Waals surface area contributed by atoms with Crippen LogP contribution >= 0.6 is 0 Å². The Labute approximate surface area is 148 Å². The number of fused-ring (bicyclic) bond motifs is 1. The Kier molecular flexibility index (Phi) is 4.38. The molecule has 1 atom stereocenters. The van der Waals surface area contributed by atoms with Gasteiger partial charge in [-0.2, -0.15) is 0 Å². The number of nitrogen functional groups attached to an aromatic ring is 1. The minimum Gasteiger partial charge on any atom is -0.490 e. The highest BCUT2D eigenvalue weighted by Crippen LogP contribution is 2.30. The maximum Gasteiger partial charge on any atom is 0.122 e. The normalized spacial score (nSPS) is 16.1. The van der Waals surface area contributed by atoms with E-state index in [-0.39, 0.29) is 6.10 Å². The highest BCUT2D eigenvalue weighted by atomic mass is 16.5. The fourth-order valence-electron chi connectivity index (χ4n) is 3.43. The molecule has 2 aromatic carbocycles. The van der Waals surface area contributed by atoms with Crippen LogP contribution in [0.1, 0.15) is 28.8 Å². The van der Waals surface area contributed by atoms with Crippen molar-refractivity contribution >= 4 is 5.69 Å². The molecule has 4 rings (SSSR count). The van der Waals surface area contributed by atoms with Gasteiger partial charge in [-0.1, -0.05) is 42.5 Å². The number of hydrogen-bond donors (Lipinski definition) is 1. The summed E-state index contributed by atoms with van der Waals surface area (Å²) in [7, 11) is 0. The molecule has 1 aliphatic heterocycles. The Hall–Kier alpha value is -2.81. The van der Waals surface area contributed by atoms with Crippen molar-refractivity contribution < 1.29 is 4.74 Å². The Morgan fingerprint density at radius 3 is 2.72 bits per heavy atom. The molecule has 0 saturated heterocycles. The maximum absolute atomic E-state index is 6.22. The smallest absolute Gasteiger partial charge is 0.122 e. The number of aromatic nitrogens is 1. The molecule has 3 heteroatoms. The third kappa shape index (κ3) is 3.82. The van der Waals surface area contributed by atoms with Gasteiger partial charge in [-0.25, -0.2) is 0 Å². The summed E-state index contributed by atoms with van der Waals surface area (Å²) in [6.45, 7) is 0. The van der Waals surface area contributed by atoms with Crippen LogP contribution in [0.2, 0.25) is 0 Å². The molecule has 2 heterocycles. The van der Waals surface area contributed by atoms with Crippen LogP contribution in [0.5, 0.6) is 5.75 Å². The molecule has 3 aromatic rings. The predicted octanol–water partition coefficient (Wildman–Crippen LogP) is 4.19. The zero-order chi connectivity index (χ0) is 17.1. The molecule has 0 spiro atoms. The lowest BCUT2D eigenvalue weighted by molar-refractivity contribution is 0.174. The molecule has 126 valence electrons. The lowest BCUT2D eigenvalue weighted by atomic mass is 9.95. The molecular formula is C22H22N2O. The van der Waals surface area contributed by atoms with Crippen molar-refractivity contribution in [1.82, 2.24) is 4.98 Å². The van der Waals surface area contributed by atoms with Crippen molar-refractivity contribution in [3.8, 4) is 5.75 Å². The molecule has 2 N–H and O–H groups in total. The van der Waals surface area contributed by atoms with Crippen molar-refractivity contribution in [2.45, 2.75) is 31.8 Å². The van der Waals surface area contributed by atoms with Crippen LogP contribution in [-0.2, 0) is 19.3 Å². The average molecular weight is 330 g/mol. The van der Waals surface area contributed by atoms with Crippen molar-refractivity contribution in [3.63, 3.8) is 0 Å². The second-order valence-electron chi connectivity index (χ2n) is 6.67. The summed E-state index contributed by atoms with van der Waals surface area (Å²) in [6.07, 6.45) is 5.91. The fraction of sp³-hybridized carbons (Fsp3) is 0.227. The molecule has 0 radical (unpaired) electrons. The Bertz CT molecular complexity index is 861. The van der Waals surface area contributed by atoms with Gasteiger partial charge in [0.25, 0.3) is 0 Å². The van der Waals surface area contributed by atoms with Gasteiger partial charge in [0.2, 0.25) is 0 Å². The molecule has 0 amide bonds. The van der Waals surface area contributed by atoms with Crippen LogP contribution in [0, 0.1) is 0 Å². The second kappa shape index (κ2) is 6.98. The highest BCUT2D eigenvalue weighted by Gasteiger charge is 2.20. The van der Waals surface area contributed by atoms with Crippen molar-refractivity contribution in [2.75, 3.05) is 5.73 Å². The van der Waals surface area contributed by atoms with Gasteiger partial charge in [0.15, 0.2) is 0 Å². The quantitative estimate of drug-likeness (QED) is 0.780. The molecule has 0 aliphatic carbocycles. The SMILES string of the molecule is Nc1ccnc(Cc2ccc3c(c2)CCC(Cc2ccccc2)O3)c1. The highest BCUT2D eigenvalue weighted by molar-refractivity contribution is 5.42. The van der Waals surface area contributed by atoms with Crippen molar-refractivity contribution in [3.05, 3.63) is 89.2 Å². The van der Waals surface area contributed by atoms with Crippen molar-refractivity contribution in [2.24, 2.45) is 0 Å². The Balaban J connectivity index is 1.46. The number of rotatable bonds is 4. The molecule has 1 aromatic heterocycles. The first-order chi connectivity index (χ1) is 12.3. The lowest BCUT2D eigenvalue weighted by Gasteiger charge is -2.26. The van der Waals surface area contributed by atoms with Crippen LogP contribution < -0.4 is 10.5 Å². The number of ether oxygens (including phenoxy) is 1. The molecule has 1 aliphatic rings. The van der Waals surface area contributed by atoms with E-state index in [1.165, 1.54) is 16.7 Å². The van der Waals surface area contributed by atoms with Gasteiger partial charge >= 0.3 is 0 Å². The molecule has 25 heavy (non-hydrogen) atoms. The van der Waals surface area contributed by atoms with E-state index < -0.39 is 0 Å².